The third kappa shape index (κ3) is 8.98. The molecule has 3 aliphatic rings. The van der Waals surface area contributed by atoms with Gasteiger partial charge in [-0.1, -0.05) is 12.5 Å². The van der Waals surface area contributed by atoms with Gasteiger partial charge in [-0.2, -0.15) is 0 Å². The van der Waals surface area contributed by atoms with Crippen LogP contribution in [-0.4, -0.2) is 125 Å². The van der Waals surface area contributed by atoms with Crippen LogP contribution in [0, 0.1) is 12.8 Å². The number of carboxylic acids is 1. The molecule has 2 aliphatic heterocycles. The van der Waals surface area contributed by atoms with E-state index in [4.69, 9.17) is 9.47 Å². The third-order valence-electron chi connectivity index (χ3n) is 9.54. The molecule has 1 aliphatic carbocycles. The zero-order valence-corrected chi connectivity index (χ0v) is 28.7. The number of carboxylic acid groups (broad SMARTS) is 1. The number of likely N-dealkylation sites (tertiary alicyclic amines) is 1. The summed E-state index contributed by atoms with van der Waals surface area (Å²) in [4.78, 5) is 86.0. The van der Waals surface area contributed by atoms with Crippen LogP contribution in [0.1, 0.15) is 67.9 Å². The summed E-state index contributed by atoms with van der Waals surface area (Å²) in [7, 11) is 0. The van der Waals surface area contributed by atoms with E-state index in [1.807, 2.05) is 13.0 Å². The van der Waals surface area contributed by atoms with Gasteiger partial charge in [0, 0.05) is 57.1 Å². The number of benzene rings is 1. The lowest BCUT2D eigenvalue weighted by Crippen LogP contribution is -2.56. The largest absolute Gasteiger partial charge is 0.483 e. The highest BCUT2D eigenvalue weighted by Gasteiger charge is 2.35. The van der Waals surface area contributed by atoms with Crippen LogP contribution in [0.4, 0.5) is 4.79 Å². The molecule has 1 aromatic carbocycles. The van der Waals surface area contributed by atoms with E-state index in [-0.39, 0.29) is 75.5 Å². The van der Waals surface area contributed by atoms with Crippen molar-refractivity contribution in [3.8, 4) is 5.75 Å². The lowest BCUT2D eigenvalue weighted by Gasteiger charge is -2.35. The zero-order valence-electron chi connectivity index (χ0n) is 28.7. The second-order valence-electron chi connectivity index (χ2n) is 13.1. The number of carbonyl (C=O) groups is 6. The Morgan fingerprint density at radius 1 is 0.980 bits per heavy atom. The van der Waals surface area contributed by atoms with Crippen LogP contribution in [0.2, 0.25) is 0 Å². The lowest BCUT2D eigenvalue weighted by molar-refractivity contribution is -0.140. The number of fused-ring (bicyclic) bond motifs is 1. The van der Waals surface area contributed by atoms with Crippen LogP contribution in [0.25, 0.3) is 10.9 Å². The van der Waals surface area contributed by atoms with E-state index in [9.17, 15) is 33.9 Å². The van der Waals surface area contributed by atoms with Gasteiger partial charge in [-0.05, 0) is 69.6 Å². The minimum absolute atomic E-state index is 0.0831. The molecule has 2 aromatic rings. The Morgan fingerprint density at radius 3 is 2.40 bits per heavy atom. The van der Waals surface area contributed by atoms with E-state index >= 15 is 0 Å². The number of aromatic nitrogens is 1. The van der Waals surface area contributed by atoms with Gasteiger partial charge in [-0.15, -0.1) is 0 Å². The summed E-state index contributed by atoms with van der Waals surface area (Å²) in [5.41, 5.74) is 1.21. The number of rotatable bonds is 13. The topological polar surface area (TPSA) is 188 Å². The molecule has 270 valence electrons. The molecule has 2 saturated heterocycles. The molecule has 3 N–H and O–H groups in total. The zero-order chi connectivity index (χ0) is 35.8. The van der Waals surface area contributed by atoms with Gasteiger partial charge in [0.05, 0.1) is 12.1 Å². The third-order valence-corrected chi connectivity index (χ3v) is 9.54. The second kappa shape index (κ2) is 16.6. The Hall–Kier alpha value is -4.95. The fourth-order valence-corrected chi connectivity index (χ4v) is 6.46. The first-order chi connectivity index (χ1) is 24.0. The highest BCUT2D eigenvalue weighted by molar-refractivity contribution is 5.99. The molecule has 3 fully saturated rings. The average molecular weight is 695 g/mol. The molecule has 5 rings (SSSR count). The normalized spacial score (nSPS) is 18.3. The number of pyridine rings is 1. The molecule has 0 spiro atoms. The minimum Gasteiger partial charge on any atom is -0.483 e. The number of ether oxygens (including phenoxy) is 2. The molecule has 0 radical (unpaired) electrons. The molecule has 5 amide bonds. The van der Waals surface area contributed by atoms with Crippen LogP contribution >= 0.6 is 0 Å². The van der Waals surface area contributed by atoms with Crippen molar-refractivity contribution in [2.45, 2.75) is 70.9 Å². The maximum atomic E-state index is 13.6. The van der Waals surface area contributed by atoms with Gasteiger partial charge >= 0.3 is 12.1 Å². The van der Waals surface area contributed by atoms with Gasteiger partial charge in [-0.3, -0.25) is 24.0 Å². The number of nitrogens with one attached hydrogen (secondary N) is 2. The molecule has 50 heavy (non-hydrogen) atoms. The van der Waals surface area contributed by atoms with Gasteiger partial charge in [0.25, 0.3) is 11.8 Å². The Morgan fingerprint density at radius 2 is 1.72 bits per heavy atom. The first-order valence-electron chi connectivity index (χ1n) is 17.4. The van der Waals surface area contributed by atoms with E-state index in [1.54, 1.807) is 24.0 Å². The molecule has 2 atom stereocenters. The number of hydrogen-bond acceptors (Lipinski definition) is 9. The van der Waals surface area contributed by atoms with Crippen molar-refractivity contribution in [2.24, 2.45) is 5.92 Å². The van der Waals surface area contributed by atoms with Crippen LogP contribution < -0.4 is 15.4 Å². The van der Waals surface area contributed by atoms with Crippen molar-refractivity contribution < 1.29 is 43.3 Å². The molecular weight excluding hydrogens is 648 g/mol. The predicted molar refractivity (Wildman–Crippen MR) is 180 cm³/mol. The number of piperazine rings is 1. The first kappa shape index (κ1) is 36.3. The summed E-state index contributed by atoms with van der Waals surface area (Å²) in [5.74, 6) is -2.10. The fraction of sp³-hybridized carbons (Fsp3) is 0.571. The summed E-state index contributed by atoms with van der Waals surface area (Å²) in [5, 5.41) is 15.6. The average Bonchev–Trinajstić information content (AvgIpc) is 3.58. The molecule has 1 aromatic heterocycles. The standard InChI is InChI=1S/C35H46N6O9/c1-3-49-35(48)40-16-14-39(15-17-40)34(47)25(11-12-31(43)44)38-32(45)27-19-29(24-10-9-22(2)18-26(24)37-27)50-21-30(42)41-13-5-8-28(41)33(46)36-20-23-6-4-7-23/h9-10,18-19,23,25,28H,3-8,11-17,20-21H2,1-2H3,(H,36,46)(H,38,45)(H,43,44)/t25-,28-/m0/s1. The van der Waals surface area contributed by atoms with Crippen molar-refractivity contribution in [3.05, 3.63) is 35.5 Å². The summed E-state index contributed by atoms with van der Waals surface area (Å²) in [6.45, 7) is 5.35. The molecule has 0 bridgehead atoms. The van der Waals surface area contributed by atoms with Crippen LogP contribution in [0.3, 0.4) is 0 Å². The van der Waals surface area contributed by atoms with Crippen molar-refractivity contribution in [1.29, 1.82) is 0 Å². The molecule has 1 saturated carbocycles. The Kier molecular flexibility index (Phi) is 12.1. The lowest BCUT2D eigenvalue weighted by atomic mass is 9.85. The molecule has 3 heterocycles. The number of amides is 5. The minimum atomic E-state index is -1.17. The SMILES string of the molecule is CCOC(=O)N1CCN(C(=O)[C@H](CCC(=O)O)NC(=O)c2cc(OCC(=O)N3CCC[C@H]3C(=O)NCC3CCC3)c3ccc(C)cc3n2)CC1. The number of carbonyl (C=O) groups excluding carboxylic acids is 5. The fourth-order valence-electron chi connectivity index (χ4n) is 6.46. The summed E-state index contributed by atoms with van der Waals surface area (Å²) >= 11 is 0. The van der Waals surface area contributed by atoms with Crippen molar-refractivity contribution in [3.63, 3.8) is 0 Å². The Bertz CT molecular complexity index is 1600. The van der Waals surface area contributed by atoms with Crippen LogP contribution in [0.5, 0.6) is 5.75 Å². The van der Waals surface area contributed by atoms with E-state index < -0.39 is 36.0 Å². The maximum absolute atomic E-state index is 13.6. The van der Waals surface area contributed by atoms with E-state index in [0.717, 1.165) is 18.4 Å². The number of aryl methyl sites for hydroxylation is 1. The number of nitrogens with zero attached hydrogens (tertiary/aromatic N) is 4. The highest BCUT2D eigenvalue weighted by Crippen LogP contribution is 2.28. The van der Waals surface area contributed by atoms with E-state index in [1.165, 1.54) is 22.3 Å². The van der Waals surface area contributed by atoms with Crippen LogP contribution in [0.15, 0.2) is 24.3 Å². The maximum Gasteiger partial charge on any atom is 0.409 e. The molecule has 15 nitrogen and oxygen atoms in total. The van der Waals surface area contributed by atoms with Gasteiger partial charge in [0.1, 0.15) is 23.5 Å². The Labute approximate surface area is 290 Å². The van der Waals surface area contributed by atoms with Crippen LogP contribution in [-0.2, 0) is 23.9 Å². The van der Waals surface area contributed by atoms with Gasteiger partial charge in [0.2, 0.25) is 11.8 Å². The quantitative estimate of drug-likeness (QED) is 0.280. The van der Waals surface area contributed by atoms with Crippen molar-refractivity contribution >= 4 is 46.6 Å². The van der Waals surface area contributed by atoms with Crippen molar-refractivity contribution in [2.75, 3.05) is 52.5 Å². The summed E-state index contributed by atoms with van der Waals surface area (Å²) in [6, 6.07) is 5.06. The second-order valence-corrected chi connectivity index (χ2v) is 13.1. The summed E-state index contributed by atoms with van der Waals surface area (Å²) in [6.07, 6.45) is 3.68. The summed E-state index contributed by atoms with van der Waals surface area (Å²) < 4.78 is 11.0. The Balaban J connectivity index is 1.28. The highest BCUT2D eigenvalue weighted by atomic mass is 16.6. The molecule has 0 unspecified atom stereocenters. The van der Waals surface area contributed by atoms with Gasteiger partial charge < -0.3 is 39.9 Å². The monoisotopic (exact) mass is 694 g/mol. The number of hydrogen-bond donors (Lipinski definition) is 3. The van der Waals surface area contributed by atoms with E-state index in [0.29, 0.717) is 42.8 Å². The van der Waals surface area contributed by atoms with E-state index in [2.05, 4.69) is 15.6 Å². The number of aliphatic carboxylic acids is 1. The van der Waals surface area contributed by atoms with Gasteiger partial charge in [-0.25, -0.2) is 9.78 Å². The predicted octanol–water partition coefficient (Wildman–Crippen LogP) is 2.09. The van der Waals surface area contributed by atoms with Crippen molar-refractivity contribution in [1.82, 2.24) is 30.3 Å². The molecular formula is C35H46N6O9. The smallest absolute Gasteiger partial charge is 0.409 e. The first-order valence-corrected chi connectivity index (χ1v) is 17.4. The molecule has 15 heteroatoms. The van der Waals surface area contributed by atoms with Gasteiger partial charge in [0.15, 0.2) is 6.61 Å².